The van der Waals surface area contributed by atoms with Gasteiger partial charge in [0.05, 0.1) is 10.5 Å². The van der Waals surface area contributed by atoms with Crippen molar-refractivity contribution in [1.82, 2.24) is 5.32 Å². The van der Waals surface area contributed by atoms with Gasteiger partial charge < -0.3 is 5.32 Å². The number of hydrogen-bond acceptors (Lipinski definition) is 3. The fourth-order valence-electron chi connectivity index (χ4n) is 1.79. The third kappa shape index (κ3) is 2.31. The first kappa shape index (κ1) is 11.3. The third-order valence-corrected chi connectivity index (χ3v) is 3.06. The summed E-state index contributed by atoms with van der Waals surface area (Å²) < 4.78 is 0.734. The van der Waals surface area contributed by atoms with Crippen molar-refractivity contribution in [3.05, 3.63) is 44.4 Å². The molecule has 0 spiro atoms. The van der Waals surface area contributed by atoms with Gasteiger partial charge in [-0.1, -0.05) is 22.0 Å². The zero-order valence-electron chi connectivity index (χ0n) is 8.57. The molecule has 4 nitrogen and oxygen atoms in total. The minimum Gasteiger partial charge on any atom is -0.313 e. The Bertz CT molecular complexity index is 457. The lowest BCUT2D eigenvalue weighted by Gasteiger charge is -2.14. The quantitative estimate of drug-likeness (QED) is 0.670. The maximum Gasteiger partial charge on any atom is 0.277 e. The van der Waals surface area contributed by atoms with E-state index in [1.165, 1.54) is 0 Å². The molecule has 0 aromatic heterocycles. The number of nitro groups is 1. The Morgan fingerprint density at radius 1 is 1.44 bits per heavy atom. The van der Waals surface area contributed by atoms with E-state index in [2.05, 4.69) is 21.2 Å². The van der Waals surface area contributed by atoms with Gasteiger partial charge in [-0.15, -0.1) is 0 Å². The van der Waals surface area contributed by atoms with Gasteiger partial charge in [-0.2, -0.15) is 0 Å². The van der Waals surface area contributed by atoms with Crippen LogP contribution in [0.15, 0.2) is 28.7 Å². The van der Waals surface area contributed by atoms with Crippen LogP contribution < -0.4 is 5.32 Å². The van der Waals surface area contributed by atoms with Crippen LogP contribution in [0, 0.1) is 10.1 Å². The van der Waals surface area contributed by atoms with Crippen LogP contribution >= 0.6 is 15.9 Å². The molecular formula is C11H11BrN2O2. The molecule has 0 saturated heterocycles. The normalized spacial score (nSPS) is 15.7. The number of nitrogens with one attached hydrogen (secondary N) is 1. The molecule has 16 heavy (non-hydrogen) atoms. The van der Waals surface area contributed by atoms with Crippen LogP contribution in [0.5, 0.6) is 0 Å². The third-order valence-electron chi connectivity index (χ3n) is 2.57. The molecule has 1 heterocycles. The van der Waals surface area contributed by atoms with Crippen molar-refractivity contribution in [2.45, 2.75) is 6.42 Å². The molecule has 84 valence electrons. The van der Waals surface area contributed by atoms with Gasteiger partial charge in [-0.05, 0) is 30.7 Å². The lowest BCUT2D eigenvalue weighted by molar-refractivity contribution is -0.385. The number of nitrogens with zero attached hydrogens (tertiary/aromatic N) is 1. The van der Waals surface area contributed by atoms with E-state index in [4.69, 9.17) is 0 Å². The first-order chi connectivity index (χ1) is 7.68. The second-order valence-corrected chi connectivity index (χ2v) is 4.52. The average molecular weight is 283 g/mol. The van der Waals surface area contributed by atoms with Gasteiger partial charge in [0.15, 0.2) is 0 Å². The molecule has 1 aliphatic heterocycles. The van der Waals surface area contributed by atoms with E-state index in [-0.39, 0.29) is 10.6 Å². The smallest absolute Gasteiger partial charge is 0.277 e. The zero-order valence-corrected chi connectivity index (χ0v) is 10.2. The molecule has 0 amide bonds. The minimum atomic E-state index is -0.330. The van der Waals surface area contributed by atoms with E-state index < -0.39 is 0 Å². The van der Waals surface area contributed by atoms with Gasteiger partial charge in [0.2, 0.25) is 0 Å². The van der Waals surface area contributed by atoms with Crippen LogP contribution in [-0.2, 0) is 0 Å². The van der Waals surface area contributed by atoms with Crippen molar-refractivity contribution < 1.29 is 4.92 Å². The highest BCUT2D eigenvalue weighted by atomic mass is 79.9. The average Bonchev–Trinajstić information content (AvgIpc) is 2.30. The molecule has 1 N–H and O–H groups in total. The maximum atomic E-state index is 11.0. The summed E-state index contributed by atoms with van der Waals surface area (Å²) in [6, 6.07) is 5.20. The standard InChI is InChI=1S/C11H11BrN2O2/c12-9-1-2-10(11(7-9)14(15)16)8-3-5-13-6-4-8/h1-3,7,13H,4-6H2. The molecule has 1 aromatic rings. The Morgan fingerprint density at radius 2 is 2.25 bits per heavy atom. The Labute approximate surface area is 102 Å². The number of hydrogen-bond donors (Lipinski definition) is 1. The molecule has 0 saturated carbocycles. The molecule has 0 aliphatic carbocycles. The molecule has 0 atom stereocenters. The van der Waals surface area contributed by atoms with E-state index in [0.717, 1.165) is 35.1 Å². The highest BCUT2D eigenvalue weighted by Gasteiger charge is 2.18. The van der Waals surface area contributed by atoms with E-state index in [9.17, 15) is 10.1 Å². The van der Waals surface area contributed by atoms with Crippen LogP contribution in [0.2, 0.25) is 0 Å². The molecule has 1 aliphatic rings. The molecule has 1 aromatic carbocycles. The van der Waals surface area contributed by atoms with Crippen molar-refractivity contribution in [1.29, 1.82) is 0 Å². The van der Waals surface area contributed by atoms with Crippen LogP contribution in [0.4, 0.5) is 5.69 Å². The van der Waals surface area contributed by atoms with Crippen LogP contribution in [-0.4, -0.2) is 18.0 Å². The second-order valence-electron chi connectivity index (χ2n) is 3.60. The van der Waals surface area contributed by atoms with E-state index in [0.29, 0.717) is 0 Å². The lowest BCUT2D eigenvalue weighted by Crippen LogP contribution is -2.20. The molecule has 0 unspecified atom stereocenters. The monoisotopic (exact) mass is 282 g/mol. The van der Waals surface area contributed by atoms with Gasteiger partial charge in [0.25, 0.3) is 5.69 Å². The van der Waals surface area contributed by atoms with Crippen molar-refractivity contribution in [2.24, 2.45) is 0 Å². The first-order valence-electron chi connectivity index (χ1n) is 5.02. The summed E-state index contributed by atoms with van der Waals surface area (Å²) in [5.41, 5.74) is 1.95. The maximum absolute atomic E-state index is 11.0. The molecular weight excluding hydrogens is 272 g/mol. The predicted molar refractivity (Wildman–Crippen MR) is 66.3 cm³/mol. The Balaban J connectivity index is 2.47. The lowest BCUT2D eigenvalue weighted by atomic mass is 9.99. The summed E-state index contributed by atoms with van der Waals surface area (Å²) in [4.78, 5) is 10.6. The molecule has 0 radical (unpaired) electrons. The summed E-state index contributed by atoms with van der Waals surface area (Å²) in [7, 11) is 0. The molecule has 2 rings (SSSR count). The topological polar surface area (TPSA) is 55.2 Å². The van der Waals surface area contributed by atoms with E-state index in [1.54, 1.807) is 12.1 Å². The van der Waals surface area contributed by atoms with Gasteiger partial charge in [0, 0.05) is 17.1 Å². The van der Waals surface area contributed by atoms with Gasteiger partial charge >= 0.3 is 0 Å². The van der Waals surface area contributed by atoms with Crippen molar-refractivity contribution in [3.8, 4) is 0 Å². The summed E-state index contributed by atoms with van der Waals surface area (Å²) in [5, 5.41) is 14.1. The molecule has 0 bridgehead atoms. The minimum absolute atomic E-state index is 0.169. The Morgan fingerprint density at radius 3 is 2.88 bits per heavy atom. The van der Waals surface area contributed by atoms with E-state index >= 15 is 0 Å². The van der Waals surface area contributed by atoms with Crippen LogP contribution in [0.3, 0.4) is 0 Å². The highest BCUT2D eigenvalue weighted by Crippen LogP contribution is 2.31. The SMILES string of the molecule is O=[N+]([O-])c1cc(Br)ccc1C1=CCNCC1. The number of halogens is 1. The van der Waals surface area contributed by atoms with Crippen LogP contribution in [0.1, 0.15) is 12.0 Å². The van der Waals surface area contributed by atoms with Gasteiger partial charge in [0.1, 0.15) is 0 Å². The fourth-order valence-corrected chi connectivity index (χ4v) is 2.14. The number of nitro benzene ring substituents is 1. The number of benzene rings is 1. The summed E-state index contributed by atoms with van der Waals surface area (Å²) >= 11 is 3.25. The molecule has 5 heteroatoms. The summed E-state index contributed by atoms with van der Waals surface area (Å²) in [6.07, 6.45) is 2.85. The van der Waals surface area contributed by atoms with Crippen molar-refractivity contribution >= 4 is 27.2 Å². The largest absolute Gasteiger partial charge is 0.313 e. The van der Waals surface area contributed by atoms with Crippen molar-refractivity contribution in [2.75, 3.05) is 13.1 Å². The second kappa shape index (κ2) is 4.76. The first-order valence-corrected chi connectivity index (χ1v) is 5.82. The van der Waals surface area contributed by atoms with E-state index in [1.807, 2.05) is 12.1 Å². The summed E-state index contributed by atoms with van der Waals surface area (Å²) in [5.74, 6) is 0. The van der Waals surface area contributed by atoms with Crippen LogP contribution in [0.25, 0.3) is 5.57 Å². The Kier molecular flexibility index (Phi) is 3.36. The number of rotatable bonds is 2. The predicted octanol–water partition coefficient (Wildman–Crippen LogP) is 2.73. The zero-order chi connectivity index (χ0) is 11.5. The fraction of sp³-hybridized carbons (Fsp3) is 0.273. The Hall–Kier alpha value is -1.20. The summed E-state index contributed by atoms with van der Waals surface area (Å²) in [6.45, 7) is 1.65. The van der Waals surface area contributed by atoms with Crippen molar-refractivity contribution in [3.63, 3.8) is 0 Å². The van der Waals surface area contributed by atoms with Gasteiger partial charge in [-0.25, -0.2) is 0 Å². The van der Waals surface area contributed by atoms with Gasteiger partial charge in [-0.3, -0.25) is 10.1 Å². The highest BCUT2D eigenvalue weighted by molar-refractivity contribution is 9.10. The molecule has 0 fully saturated rings.